The van der Waals surface area contributed by atoms with Crippen molar-refractivity contribution in [1.29, 1.82) is 0 Å². The minimum absolute atomic E-state index is 0.156. The van der Waals surface area contributed by atoms with Gasteiger partial charge >= 0.3 is 0 Å². The molecule has 0 fully saturated rings. The molecule has 0 N–H and O–H groups in total. The lowest BCUT2D eigenvalue weighted by Gasteiger charge is -2.24. The first-order valence-electron chi connectivity index (χ1n) is 8.70. The van der Waals surface area contributed by atoms with Gasteiger partial charge in [0.15, 0.2) is 17.5 Å². The molecule has 136 valence electrons. The second-order valence-electron chi connectivity index (χ2n) is 6.92. The van der Waals surface area contributed by atoms with Crippen molar-refractivity contribution in [2.45, 2.75) is 32.7 Å². The van der Waals surface area contributed by atoms with Crippen molar-refractivity contribution < 1.29 is 4.39 Å². The van der Waals surface area contributed by atoms with Gasteiger partial charge in [-0.1, -0.05) is 38.1 Å². The van der Waals surface area contributed by atoms with Gasteiger partial charge in [0.05, 0.1) is 6.04 Å². The molecule has 1 aromatic carbocycles. The second-order valence-corrected chi connectivity index (χ2v) is 6.92. The van der Waals surface area contributed by atoms with E-state index in [1.54, 1.807) is 16.8 Å². The summed E-state index contributed by atoms with van der Waals surface area (Å²) in [4.78, 5) is 11.3. The van der Waals surface area contributed by atoms with Crippen molar-refractivity contribution in [2.24, 2.45) is 0 Å². The SMILES string of the molecule is Cc1cccc(-n2nc(C(C)C)nc2[C@H](c2ccccc2F)N(C)C)n1. The summed E-state index contributed by atoms with van der Waals surface area (Å²) in [7, 11) is 3.82. The fourth-order valence-electron chi connectivity index (χ4n) is 2.92. The quantitative estimate of drug-likeness (QED) is 0.698. The van der Waals surface area contributed by atoms with Crippen LogP contribution >= 0.6 is 0 Å². The fourth-order valence-corrected chi connectivity index (χ4v) is 2.92. The molecule has 0 aliphatic heterocycles. The Hall–Kier alpha value is -2.60. The molecule has 2 heterocycles. The van der Waals surface area contributed by atoms with Crippen LogP contribution in [0.3, 0.4) is 0 Å². The molecule has 3 aromatic rings. The van der Waals surface area contributed by atoms with Crippen LogP contribution in [0.25, 0.3) is 5.82 Å². The zero-order chi connectivity index (χ0) is 18.8. The van der Waals surface area contributed by atoms with Gasteiger partial charge in [-0.05, 0) is 39.2 Å². The highest BCUT2D eigenvalue weighted by molar-refractivity contribution is 5.32. The normalized spacial score (nSPS) is 12.8. The number of rotatable bonds is 5. The van der Waals surface area contributed by atoms with Gasteiger partial charge in [0, 0.05) is 17.2 Å². The van der Waals surface area contributed by atoms with Crippen LogP contribution in [-0.2, 0) is 0 Å². The lowest BCUT2D eigenvalue weighted by Crippen LogP contribution is -2.25. The lowest BCUT2D eigenvalue weighted by atomic mass is 10.0. The van der Waals surface area contributed by atoms with Crippen LogP contribution in [0.15, 0.2) is 42.5 Å². The van der Waals surface area contributed by atoms with Crippen molar-refractivity contribution in [2.75, 3.05) is 14.1 Å². The average Bonchev–Trinajstić information content (AvgIpc) is 3.02. The number of hydrogen-bond donors (Lipinski definition) is 0. The summed E-state index contributed by atoms with van der Waals surface area (Å²) < 4.78 is 16.3. The van der Waals surface area contributed by atoms with Crippen molar-refractivity contribution in [3.63, 3.8) is 0 Å². The summed E-state index contributed by atoms with van der Waals surface area (Å²) in [6.07, 6.45) is 0. The Kier molecular flexibility index (Phi) is 5.13. The van der Waals surface area contributed by atoms with Gasteiger partial charge in [0.1, 0.15) is 5.82 Å². The maximum atomic E-state index is 14.5. The summed E-state index contributed by atoms with van der Waals surface area (Å²) >= 11 is 0. The largest absolute Gasteiger partial charge is 0.296 e. The molecule has 2 aromatic heterocycles. The molecular weight excluding hydrogens is 329 g/mol. The monoisotopic (exact) mass is 353 g/mol. The van der Waals surface area contributed by atoms with Crippen molar-refractivity contribution >= 4 is 0 Å². The molecule has 0 saturated carbocycles. The molecule has 0 saturated heterocycles. The lowest BCUT2D eigenvalue weighted by molar-refractivity contribution is 0.317. The Balaban J connectivity index is 2.23. The number of benzene rings is 1. The molecule has 0 aliphatic rings. The van der Waals surface area contributed by atoms with E-state index in [0.29, 0.717) is 23.0 Å². The Morgan fingerprint density at radius 1 is 1.00 bits per heavy atom. The molecular formula is C20H24FN5. The van der Waals surface area contributed by atoms with Gasteiger partial charge in [0.25, 0.3) is 0 Å². The van der Waals surface area contributed by atoms with Crippen LogP contribution in [0.2, 0.25) is 0 Å². The molecule has 26 heavy (non-hydrogen) atoms. The number of pyridine rings is 1. The number of halogens is 1. The predicted octanol–water partition coefficient (Wildman–Crippen LogP) is 3.88. The Labute approximate surface area is 153 Å². The van der Waals surface area contributed by atoms with E-state index in [1.165, 1.54) is 6.07 Å². The standard InChI is InChI=1S/C20H24FN5/c1-13(2)19-23-20(26(24-19)17-12-8-9-14(3)22-17)18(25(4)5)15-10-6-7-11-16(15)21/h6-13,18H,1-5H3/t18-/m0/s1. The third-order valence-corrected chi connectivity index (χ3v) is 4.22. The first-order chi connectivity index (χ1) is 12.4. The molecule has 0 radical (unpaired) electrons. The summed E-state index contributed by atoms with van der Waals surface area (Å²) in [6, 6.07) is 12.2. The van der Waals surface area contributed by atoms with E-state index in [1.807, 2.05) is 64.0 Å². The van der Waals surface area contributed by atoms with Gasteiger partial charge in [-0.25, -0.2) is 14.4 Å². The van der Waals surface area contributed by atoms with Gasteiger partial charge in [-0.15, -0.1) is 5.10 Å². The van der Waals surface area contributed by atoms with Gasteiger partial charge in [0.2, 0.25) is 0 Å². The molecule has 0 bridgehead atoms. The minimum atomic E-state index is -0.376. The van der Waals surface area contributed by atoms with E-state index < -0.39 is 0 Å². The van der Waals surface area contributed by atoms with Crippen LogP contribution in [0.1, 0.15) is 48.7 Å². The Morgan fingerprint density at radius 3 is 2.35 bits per heavy atom. The smallest absolute Gasteiger partial charge is 0.156 e. The first-order valence-corrected chi connectivity index (χ1v) is 8.70. The Morgan fingerprint density at radius 2 is 1.73 bits per heavy atom. The molecule has 0 unspecified atom stereocenters. The zero-order valence-electron chi connectivity index (χ0n) is 15.8. The maximum Gasteiger partial charge on any atom is 0.156 e. The molecule has 0 spiro atoms. The van der Waals surface area contributed by atoms with Crippen molar-refractivity contribution in [1.82, 2.24) is 24.6 Å². The van der Waals surface area contributed by atoms with Crippen molar-refractivity contribution in [3.8, 4) is 5.82 Å². The average molecular weight is 353 g/mol. The first kappa shape index (κ1) is 18.2. The van der Waals surface area contributed by atoms with Gasteiger partial charge in [-0.2, -0.15) is 4.68 Å². The van der Waals surface area contributed by atoms with Crippen LogP contribution in [0, 0.1) is 12.7 Å². The number of aromatic nitrogens is 4. The molecule has 1 atom stereocenters. The molecule has 0 amide bonds. The van der Waals surface area contributed by atoms with Crippen LogP contribution in [0.4, 0.5) is 4.39 Å². The third kappa shape index (κ3) is 3.51. The highest BCUT2D eigenvalue weighted by Gasteiger charge is 2.28. The molecule has 6 heteroatoms. The van der Waals surface area contributed by atoms with Crippen molar-refractivity contribution in [3.05, 3.63) is 71.2 Å². The van der Waals surface area contributed by atoms with Crippen LogP contribution in [0.5, 0.6) is 0 Å². The third-order valence-electron chi connectivity index (χ3n) is 4.22. The second kappa shape index (κ2) is 7.33. The Bertz CT molecular complexity index is 901. The summed E-state index contributed by atoms with van der Waals surface area (Å²) in [6.45, 7) is 6.02. The topological polar surface area (TPSA) is 46.8 Å². The summed E-state index contributed by atoms with van der Waals surface area (Å²) in [5, 5.41) is 4.67. The fraction of sp³-hybridized carbons (Fsp3) is 0.350. The van der Waals surface area contributed by atoms with Crippen LogP contribution < -0.4 is 0 Å². The zero-order valence-corrected chi connectivity index (χ0v) is 15.8. The maximum absolute atomic E-state index is 14.5. The van der Waals surface area contributed by atoms with E-state index >= 15 is 0 Å². The minimum Gasteiger partial charge on any atom is -0.296 e. The van der Waals surface area contributed by atoms with Gasteiger partial charge < -0.3 is 0 Å². The van der Waals surface area contributed by atoms with E-state index in [-0.39, 0.29) is 17.8 Å². The highest BCUT2D eigenvalue weighted by atomic mass is 19.1. The van der Waals surface area contributed by atoms with Crippen LogP contribution in [-0.4, -0.2) is 38.7 Å². The van der Waals surface area contributed by atoms with E-state index in [9.17, 15) is 4.39 Å². The predicted molar refractivity (Wildman–Crippen MR) is 99.9 cm³/mol. The van der Waals surface area contributed by atoms with E-state index in [4.69, 9.17) is 4.98 Å². The highest BCUT2D eigenvalue weighted by Crippen LogP contribution is 2.29. The van der Waals surface area contributed by atoms with E-state index in [2.05, 4.69) is 10.1 Å². The summed E-state index contributed by atoms with van der Waals surface area (Å²) in [5.74, 6) is 1.95. The van der Waals surface area contributed by atoms with E-state index in [0.717, 1.165) is 5.69 Å². The molecule has 5 nitrogen and oxygen atoms in total. The molecule has 3 rings (SSSR count). The van der Waals surface area contributed by atoms with Gasteiger partial charge in [-0.3, -0.25) is 4.90 Å². The number of hydrogen-bond acceptors (Lipinski definition) is 4. The summed E-state index contributed by atoms with van der Waals surface area (Å²) in [5.41, 5.74) is 1.46. The number of aryl methyl sites for hydroxylation is 1. The number of nitrogens with zero attached hydrogens (tertiary/aromatic N) is 5. The molecule has 0 aliphatic carbocycles.